The van der Waals surface area contributed by atoms with E-state index in [1.54, 1.807) is 69.5 Å². The van der Waals surface area contributed by atoms with Crippen molar-refractivity contribution < 1.29 is 19.0 Å². The van der Waals surface area contributed by atoms with Gasteiger partial charge in [-0.2, -0.15) is 0 Å². The highest BCUT2D eigenvalue weighted by Crippen LogP contribution is 2.32. The van der Waals surface area contributed by atoms with Crippen molar-refractivity contribution in [2.24, 2.45) is 4.99 Å². The quantitative estimate of drug-likeness (QED) is 0.344. The molecule has 0 amide bonds. The number of rotatable bonds is 7. The molecule has 0 unspecified atom stereocenters. The zero-order valence-electron chi connectivity index (χ0n) is 21.0. The Kier molecular flexibility index (Phi) is 7.70. The van der Waals surface area contributed by atoms with Crippen molar-refractivity contribution in [1.82, 2.24) is 4.57 Å². The standard InChI is InChI=1S/C27H28N2O5S2/c1-15(2)34-26(31)23-16(3)28-27-29(24(23)17-7-10-20(35-6)11-8-17)25(30)22(36-27)14-18-13-19(32-4)9-12-21(18)33-5/h7-15,24H,1-6H3/b22-14-/t24-/m1/s1. The molecule has 7 nitrogen and oxygen atoms in total. The lowest BCUT2D eigenvalue weighted by Crippen LogP contribution is -2.40. The molecule has 0 aliphatic carbocycles. The molecule has 1 aliphatic heterocycles. The molecule has 3 aromatic rings. The SMILES string of the molecule is COc1ccc(OC)c(/C=c2\sc3n(c2=O)[C@H](c2ccc(SC)cc2)C(C(=O)OC(C)C)=C(C)N=3)c1. The van der Waals surface area contributed by atoms with Crippen LogP contribution >= 0.6 is 23.1 Å². The maximum Gasteiger partial charge on any atom is 0.338 e. The van der Waals surface area contributed by atoms with Crippen molar-refractivity contribution in [3.8, 4) is 11.5 Å². The minimum absolute atomic E-state index is 0.245. The monoisotopic (exact) mass is 524 g/mol. The van der Waals surface area contributed by atoms with Gasteiger partial charge in [-0.25, -0.2) is 9.79 Å². The summed E-state index contributed by atoms with van der Waals surface area (Å²) in [5.41, 5.74) is 2.16. The van der Waals surface area contributed by atoms with E-state index in [4.69, 9.17) is 14.2 Å². The number of carbonyl (C=O) groups excluding carboxylic acids is 1. The fourth-order valence-corrected chi connectivity index (χ4v) is 5.50. The largest absolute Gasteiger partial charge is 0.497 e. The van der Waals surface area contributed by atoms with Crippen molar-refractivity contribution in [1.29, 1.82) is 0 Å². The molecule has 0 radical (unpaired) electrons. The first-order valence-electron chi connectivity index (χ1n) is 11.4. The molecule has 2 heterocycles. The van der Waals surface area contributed by atoms with Crippen LogP contribution in [-0.2, 0) is 9.53 Å². The number of carbonyl (C=O) groups is 1. The van der Waals surface area contributed by atoms with Crippen LogP contribution in [0.1, 0.15) is 37.9 Å². The van der Waals surface area contributed by atoms with Gasteiger partial charge in [0.05, 0.1) is 42.2 Å². The Morgan fingerprint density at radius 2 is 1.86 bits per heavy atom. The highest BCUT2D eigenvalue weighted by atomic mass is 32.2. The molecule has 36 heavy (non-hydrogen) atoms. The molecule has 0 saturated heterocycles. The van der Waals surface area contributed by atoms with Gasteiger partial charge in [0.2, 0.25) is 0 Å². The van der Waals surface area contributed by atoms with Crippen LogP contribution in [0.15, 0.2) is 68.4 Å². The highest BCUT2D eigenvalue weighted by Gasteiger charge is 2.33. The number of hydrogen-bond acceptors (Lipinski definition) is 8. The third kappa shape index (κ3) is 4.99. The second kappa shape index (κ2) is 10.8. The van der Waals surface area contributed by atoms with Crippen molar-refractivity contribution >= 4 is 35.1 Å². The average Bonchev–Trinajstić information content (AvgIpc) is 3.16. The lowest BCUT2D eigenvalue weighted by atomic mass is 9.96. The van der Waals surface area contributed by atoms with Crippen LogP contribution in [0.4, 0.5) is 0 Å². The van der Waals surface area contributed by atoms with E-state index in [-0.39, 0.29) is 11.7 Å². The van der Waals surface area contributed by atoms with E-state index in [1.807, 2.05) is 36.6 Å². The predicted molar refractivity (Wildman–Crippen MR) is 143 cm³/mol. The number of thioether (sulfide) groups is 1. The summed E-state index contributed by atoms with van der Waals surface area (Å²) < 4.78 is 18.5. The predicted octanol–water partition coefficient (Wildman–Crippen LogP) is 3.93. The molecule has 0 bridgehead atoms. The second-order valence-corrected chi connectivity index (χ2v) is 10.3. The van der Waals surface area contributed by atoms with Gasteiger partial charge in [0.15, 0.2) is 4.80 Å². The van der Waals surface area contributed by atoms with Crippen LogP contribution in [0.3, 0.4) is 0 Å². The fraction of sp³-hybridized carbons (Fsp3) is 0.296. The number of methoxy groups -OCH3 is 2. The molecule has 0 fully saturated rings. The smallest absolute Gasteiger partial charge is 0.338 e. The molecule has 1 aromatic heterocycles. The Labute approximate surface area is 217 Å². The number of allylic oxidation sites excluding steroid dienone is 1. The molecule has 1 aliphatic rings. The van der Waals surface area contributed by atoms with Crippen LogP contribution in [0.2, 0.25) is 0 Å². The van der Waals surface area contributed by atoms with E-state index in [0.717, 1.165) is 10.5 Å². The van der Waals surface area contributed by atoms with Gasteiger partial charge < -0.3 is 14.2 Å². The average molecular weight is 525 g/mol. The van der Waals surface area contributed by atoms with Crippen molar-refractivity contribution in [3.63, 3.8) is 0 Å². The van der Waals surface area contributed by atoms with Crippen LogP contribution in [0, 0.1) is 0 Å². The summed E-state index contributed by atoms with van der Waals surface area (Å²) in [5.74, 6) is 0.785. The maximum absolute atomic E-state index is 13.8. The molecule has 0 saturated carbocycles. The Hall–Kier alpha value is -3.30. The number of thiazole rings is 1. The fourth-order valence-electron chi connectivity index (χ4n) is 4.06. The summed E-state index contributed by atoms with van der Waals surface area (Å²) >= 11 is 2.89. The van der Waals surface area contributed by atoms with Gasteiger partial charge in [-0.05, 0) is 69.0 Å². The summed E-state index contributed by atoms with van der Waals surface area (Å²) in [4.78, 5) is 33.3. The van der Waals surface area contributed by atoms with Crippen molar-refractivity contribution in [2.45, 2.75) is 37.8 Å². The summed E-state index contributed by atoms with van der Waals surface area (Å²) in [6, 6.07) is 12.6. The first kappa shape index (κ1) is 25.8. The molecule has 1 atom stereocenters. The lowest BCUT2D eigenvalue weighted by Gasteiger charge is -2.25. The van der Waals surface area contributed by atoms with Gasteiger partial charge in [0.1, 0.15) is 11.5 Å². The molecule has 9 heteroatoms. The van der Waals surface area contributed by atoms with Gasteiger partial charge in [-0.3, -0.25) is 9.36 Å². The highest BCUT2D eigenvalue weighted by molar-refractivity contribution is 7.98. The molecular weight excluding hydrogens is 496 g/mol. The Bertz CT molecular complexity index is 1500. The second-order valence-electron chi connectivity index (χ2n) is 8.42. The number of nitrogens with zero attached hydrogens (tertiary/aromatic N) is 2. The Morgan fingerprint density at radius 3 is 2.47 bits per heavy atom. The topological polar surface area (TPSA) is 79.1 Å². The van der Waals surface area contributed by atoms with Crippen LogP contribution in [-0.4, -0.2) is 37.1 Å². The van der Waals surface area contributed by atoms with E-state index in [1.165, 1.54) is 11.3 Å². The van der Waals surface area contributed by atoms with Gasteiger partial charge in [0, 0.05) is 10.5 Å². The molecule has 2 aromatic carbocycles. The van der Waals surface area contributed by atoms with Crippen molar-refractivity contribution in [3.05, 3.63) is 84.5 Å². The van der Waals surface area contributed by atoms with E-state index < -0.39 is 12.0 Å². The number of esters is 1. The minimum atomic E-state index is -0.655. The number of aromatic nitrogens is 1. The molecule has 0 N–H and O–H groups in total. The maximum atomic E-state index is 13.8. The Balaban J connectivity index is 1.95. The zero-order chi connectivity index (χ0) is 26.0. The minimum Gasteiger partial charge on any atom is -0.497 e. The first-order valence-corrected chi connectivity index (χ1v) is 13.4. The van der Waals surface area contributed by atoms with Gasteiger partial charge in [-0.1, -0.05) is 23.5 Å². The summed E-state index contributed by atoms with van der Waals surface area (Å²) in [6.45, 7) is 5.38. The zero-order valence-corrected chi connectivity index (χ0v) is 22.7. The van der Waals surface area contributed by atoms with Crippen LogP contribution < -0.4 is 24.4 Å². The lowest BCUT2D eigenvalue weighted by molar-refractivity contribution is -0.143. The first-order chi connectivity index (χ1) is 17.3. The van der Waals surface area contributed by atoms with Crippen molar-refractivity contribution in [2.75, 3.05) is 20.5 Å². The van der Waals surface area contributed by atoms with Crippen LogP contribution in [0.5, 0.6) is 11.5 Å². The number of hydrogen-bond donors (Lipinski definition) is 0. The Morgan fingerprint density at radius 1 is 1.14 bits per heavy atom. The van der Waals surface area contributed by atoms with E-state index in [9.17, 15) is 9.59 Å². The van der Waals surface area contributed by atoms with E-state index in [0.29, 0.717) is 37.7 Å². The van der Waals surface area contributed by atoms with E-state index >= 15 is 0 Å². The summed E-state index contributed by atoms with van der Waals surface area (Å²) in [6.07, 6.45) is 3.47. The molecule has 4 rings (SSSR count). The number of benzene rings is 2. The van der Waals surface area contributed by atoms with E-state index in [2.05, 4.69) is 4.99 Å². The van der Waals surface area contributed by atoms with Gasteiger partial charge in [-0.15, -0.1) is 11.8 Å². The number of fused-ring (bicyclic) bond motifs is 1. The third-order valence-corrected chi connectivity index (χ3v) is 7.47. The molecular formula is C27H28N2O5S2. The molecule has 0 spiro atoms. The third-order valence-electron chi connectivity index (χ3n) is 5.74. The summed E-state index contributed by atoms with van der Waals surface area (Å²) in [5, 5.41) is 0. The van der Waals surface area contributed by atoms with Gasteiger partial charge in [0.25, 0.3) is 5.56 Å². The van der Waals surface area contributed by atoms with Crippen LogP contribution in [0.25, 0.3) is 6.08 Å². The number of ether oxygens (including phenoxy) is 3. The van der Waals surface area contributed by atoms with Gasteiger partial charge >= 0.3 is 5.97 Å². The normalized spacial score (nSPS) is 15.5. The summed E-state index contributed by atoms with van der Waals surface area (Å²) in [7, 11) is 3.16. The molecule has 188 valence electrons.